The number of amides is 1. The second kappa shape index (κ2) is 8.77. The Morgan fingerprint density at radius 1 is 1.00 bits per heavy atom. The molecule has 0 bridgehead atoms. The summed E-state index contributed by atoms with van der Waals surface area (Å²) in [6, 6.07) is 18.0. The maximum absolute atomic E-state index is 13.2. The molecule has 3 aromatic rings. The van der Waals surface area contributed by atoms with Gasteiger partial charge >= 0.3 is 5.97 Å². The minimum Gasteiger partial charge on any atom is -0.452 e. The summed E-state index contributed by atoms with van der Waals surface area (Å²) in [6.45, 7) is -0.544. The highest BCUT2D eigenvalue weighted by atomic mass is 32.2. The van der Waals surface area contributed by atoms with Gasteiger partial charge in [0.15, 0.2) is 6.61 Å². The molecule has 0 fully saturated rings. The lowest BCUT2D eigenvalue weighted by molar-refractivity contribution is -0.119. The van der Waals surface area contributed by atoms with Crippen molar-refractivity contribution in [2.45, 2.75) is 11.1 Å². The van der Waals surface area contributed by atoms with Crippen molar-refractivity contribution in [3.05, 3.63) is 89.7 Å². The Hall–Kier alpha value is -3.76. The van der Waals surface area contributed by atoms with Crippen molar-refractivity contribution in [1.29, 1.82) is 0 Å². The van der Waals surface area contributed by atoms with Gasteiger partial charge in [-0.25, -0.2) is 17.6 Å². The van der Waals surface area contributed by atoms with E-state index in [1.807, 2.05) is 0 Å². The lowest BCUT2D eigenvalue weighted by atomic mass is 10.1. The molecule has 0 radical (unpaired) electrons. The Morgan fingerprint density at radius 2 is 1.75 bits per heavy atom. The topological polar surface area (TPSA) is 114 Å². The number of carbonyl (C=O) groups is 2. The fourth-order valence-corrected chi connectivity index (χ4v) is 4.47. The molecule has 1 aliphatic heterocycles. The maximum atomic E-state index is 13.2. The standard InChI is InChI=1S/C22H18FN3O5S/c23-16-4-3-5-17(12-16)24-20(27)13-31-22(28)15-10-8-14(9-11-15)21-25-18-6-1-2-7-19(18)32(29,30)26-21/h1-12,21,25-26H,13H2,(H,24,27)/t21-/m0/s1. The molecule has 0 unspecified atom stereocenters. The van der Waals surface area contributed by atoms with Crippen LogP contribution in [0.3, 0.4) is 0 Å². The van der Waals surface area contributed by atoms with Crippen molar-refractivity contribution in [2.75, 3.05) is 17.2 Å². The van der Waals surface area contributed by atoms with Crippen LogP contribution in [0.15, 0.2) is 77.7 Å². The van der Waals surface area contributed by atoms with Crippen LogP contribution >= 0.6 is 0 Å². The molecule has 0 aromatic heterocycles. The van der Waals surface area contributed by atoms with Crippen LogP contribution in [0.25, 0.3) is 0 Å². The number of hydrogen-bond donors (Lipinski definition) is 3. The molecule has 1 heterocycles. The van der Waals surface area contributed by atoms with E-state index in [2.05, 4.69) is 15.4 Å². The van der Waals surface area contributed by atoms with Gasteiger partial charge < -0.3 is 15.4 Å². The SMILES string of the molecule is O=C(COC(=O)c1ccc([C@H]2Nc3ccccc3S(=O)(=O)N2)cc1)Nc1cccc(F)c1. The summed E-state index contributed by atoms with van der Waals surface area (Å²) < 4.78 is 45.6. The van der Waals surface area contributed by atoms with Gasteiger partial charge in [0.2, 0.25) is 10.0 Å². The molecule has 32 heavy (non-hydrogen) atoms. The van der Waals surface area contributed by atoms with Crippen LogP contribution in [0.2, 0.25) is 0 Å². The molecule has 0 aliphatic carbocycles. The first kappa shape index (κ1) is 21.5. The third kappa shape index (κ3) is 4.76. The van der Waals surface area contributed by atoms with Gasteiger partial charge in [-0.3, -0.25) is 4.79 Å². The third-order valence-corrected chi connectivity index (χ3v) is 6.15. The fourth-order valence-electron chi connectivity index (χ4n) is 3.16. The van der Waals surface area contributed by atoms with Crippen LogP contribution in [0, 0.1) is 5.82 Å². The first-order valence-corrected chi connectivity index (χ1v) is 11.0. The van der Waals surface area contributed by atoms with Gasteiger partial charge in [-0.2, -0.15) is 4.72 Å². The molecule has 164 valence electrons. The highest BCUT2D eigenvalue weighted by molar-refractivity contribution is 7.89. The Labute approximate surface area is 183 Å². The van der Waals surface area contributed by atoms with Crippen molar-refractivity contribution >= 4 is 33.3 Å². The van der Waals surface area contributed by atoms with E-state index in [4.69, 9.17) is 4.74 Å². The van der Waals surface area contributed by atoms with E-state index in [1.54, 1.807) is 30.3 Å². The van der Waals surface area contributed by atoms with Gasteiger partial charge in [-0.05, 0) is 48.0 Å². The fraction of sp³-hybridized carbons (Fsp3) is 0.0909. The number of nitrogens with one attached hydrogen (secondary N) is 3. The summed E-state index contributed by atoms with van der Waals surface area (Å²) in [6.07, 6.45) is -0.711. The molecule has 4 rings (SSSR count). The summed E-state index contributed by atoms with van der Waals surface area (Å²) in [5.41, 5.74) is 1.50. The Morgan fingerprint density at radius 3 is 2.50 bits per heavy atom. The maximum Gasteiger partial charge on any atom is 0.338 e. The summed E-state index contributed by atoms with van der Waals surface area (Å²) in [7, 11) is -3.68. The predicted molar refractivity (Wildman–Crippen MR) is 115 cm³/mol. The van der Waals surface area contributed by atoms with Crippen molar-refractivity contribution in [3.8, 4) is 0 Å². The predicted octanol–water partition coefficient (Wildman–Crippen LogP) is 3.02. The van der Waals surface area contributed by atoms with Crippen LogP contribution in [-0.4, -0.2) is 26.9 Å². The third-order valence-electron chi connectivity index (χ3n) is 4.67. The van der Waals surface area contributed by atoms with Crippen LogP contribution in [0.4, 0.5) is 15.8 Å². The van der Waals surface area contributed by atoms with Crippen LogP contribution in [0.5, 0.6) is 0 Å². The summed E-state index contributed by atoms with van der Waals surface area (Å²) in [5.74, 6) is -1.84. The van der Waals surface area contributed by atoms with Gasteiger partial charge in [0, 0.05) is 5.69 Å². The number of anilines is 2. The van der Waals surface area contributed by atoms with E-state index >= 15 is 0 Å². The highest BCUT2D eigenvalue weighted by Crippen LogP contribution is 2.30. The van der Waals surface area contributed by atoms with E-state index in [-0.39, 0.29) is 16.1 Å². The molecule has 1 amide bonds. The van der Waals surface area contributed by atoms with Crippen molar-refractivity contribution in [3.63, 3.8) is 0 Å². The monoisotopic (exact) mass is 455 g/mol. The Kier molecular flexibility index (Phi) is 5.89. The summed E-state index contributed by atoms with van der Waals surface area (Å²) >= 11 is 0. The smallest absolute Gasteiger partial charge is 0.338 e. The number of para-hydroxylation sites is 1. The average Bonchev–Trinajstić information content (AvgIpc) is 2.77. The molecule has 3 aromatic carbocycles. The molecular formula is C22H18FN3O5S. The van der Waals surface area contributed by atoms with Crippen molar-refractivity contribution in [2.24, 2.45) is 0 Å². The minimum absolute atomic E-state index is 0.160. The van der Waals surface area contributed by atoms with Crippen LogP contribution in [0.1, 0.15) is 22.1 Å². The molecular weight excluding hydrogens is 437 g/mol. The molecule has 0 spiro atoms. The number of halogens is 1. The normalized spacial score (nSPS) is 16.3. The zero-order valence-electron chi connectivity index (χ0n) is 16.5. The molecule has 0 saturated heterocycles. The van der Waals surface area contributed by atoms with Crippen LogP contribution in [-0.2, 0) is 19.6 Å². The van der Waals surface area contributed by atoms with E-state index in [9.17, 15) is 22.4 Å². The van der Waals surface area contributed by atoms with E-state index in [0.29, 0.717) is 11.3 Å². The number of hydrogen-bond acceptors (Lipinski definition) is 6. The zero-order valence-corrected chi connectivity index (χ0v) is 17.4. The largest absolute Gasteiger partial charge is 0.452 e. The second-order valence-corrected chi connectivity index (χ2v) is 8.63. The first-order chi connectivity index (χ1) is 15.3. The van der Waals surface area contributed by atoms with Gasteiger partial charge in [0.1, 0.15) is 16.9 Å². The van der Waals surface area contributed by atoms with Gasteiger partial charge in [0.05, 0.1) is 11.3 Å². The lowest BCUT2D eigenvalue weighted by Gasteiger charge is -2.28. The number of esters is 1. The highest BCUT2D eigenvalue weighted by Gasteiger charge is 2.29. The van der Waals surface area contributed by atoms with Gasteiger partial charge in [-0.15, -0.1) is 0 Å². The number of benzene rings is 3. The lowest BCUT2D eigenvalue weighted by Crippen LogP contribution is -2.38. The number of ether oxygens (including phenoxy) is 1. The number of rotatable bonds is 5. The zero-order chi connectivity index (χ0) is 22.7. The van der Waals surface area contributed by atoms with E-state index in [0.717, 1.165) is 6.07 Å². The van der Waals surface area contributed by atoms with Gasteiger partial charge in [-0.1, -0.05) is 30.3 Å². The van der Waals surface area contributed by atoms with E-state index < -0.39 is 40.5 Å². The Bertz CT molecular complexity index is 1280. The second-order valence-electron chi connectivity index (χ2n) is 6.95. The average molecular weight is 455 g/mol. The number of carbonyl (C=O) groups excluding carboxylic acids is 2. The van der Waals surface area contributed by atoms with Crippen molar-refractivity contribution < 1.29 is 27.1 Å². The molecule has 3 N–H and O–H groups in total. The Balaban J connectivity index is 1.37. The molecule has 8 nitrogen and oxygen atoms in total. The molecule has 0 saturated carbocycles. The number of fused-ring (bicyclic) bond motifs is 1. The van der Waals surface area contributed by atoms with E-state index in [1.165, 1.54) is 36.4 Å². The minimum atomic E-state index is -3.68. The van der Waals surface area contributed by atoms with Crippen molar-refractivity contribution in [1.82, 2.24) is 4.72 Å². The van der Waals surface area contributed by atoms with Crippen LogP contribution < -0.4 is 15.4 Å². The molecule has 10 heteroatoms. The quantitative estimate of drug-likeness (QED) is 0.510. The molecule has 1 atom stereocenters. The number of sulfonamides is 1. The van der Waals surface area contributed by atoms with Gasteiger partial charge in [0.25, 0.3) is 5.91 Å². The first-order valence-electron chi connectivity index (χ1n) is 9.52. The molecule has 1 aliphatic rings. The summed E-state index contributed by atoms with van der Waals surface area (Å²) in [4.78, 5) is 24.3. The summed E-state index contributed by atoms with van der Waals surface area (Å²) in [5, 5.41) is 5.53.